The number of methoxy groups -OCH3 is 2. The number of hydrogen-bond acceptors (Lipinski definition) is 4. The molecule has 1 N–H and O–H groups in total. The minimum atomic E-state index is -1.05. The number of carbonyl (C=O) groups excluding carboxylic acids is 1. The van der Waals surface area contributed by atoms with Crippen molar-refractivity contribution in [2.24, 2.45) is 5.41 Å². The van der Waals surface area contributed by atoms with Gasteiger partial charge in [-0.05, 0) is 5.56 Å². The molecule has 6 nitrogen and oxygen atoms in total. The maximum Gasteiger partial charge on any atom is 0.323 e. The molecule has 0 aliphatic carbocycles. The summed E-state index contributed by atoms with van der Waals surface area (Å²) < 4.78 is 10.5. The third-order valence-electron chi connectivity index (χ3n) is 3.35. The maximum atomic E-state index is 12.5. The molecule has 0 saturated heterocycles. The first-order valence-corrected chi connectivity index (χ1v) is 7.35. The molecule has 0 unspecified atom stereocenters. The van der Waals surface area contributed by atoms with E-state index in [9.17, 15) is 9.59 Å². The van der Waals surface area contributed by atoms with Crippen molar-refractivity contribution >= 4 is 11.9 Å². The average Bonchev–Trinajstić information content (AvgIpc) is 2.47. The van der Waals surface area contributed by atoms with Crippen LogP contribution in [0.5, 0.6) is 0 Å². The van der Waals surface area contributed by atoms with Gasteiger partial charge in [-0.15, -0.1) is 0 Å². The first-order chi connectivity index (χ1) is 10.7. The second-order valence-electron chi connectivity index (χ2n) is 6.31. The van der Waals surface area contributed by atoms with Crippen LogP contribution >= 0.6 is 0 Å². The van der Waals surface area contributed by atoms with E-state index >= 15 is 0 Å². The normalized spacial score (nSPS) is 11.6. The number of carboxylic acids is 1. The van der Waals surface area contributed by atoms with Crippen LogP contribution in [-0.4, -0.2) is 42.6 Å². The highest BCUT2D eigenvalue weighted by Crippen LogP contribution is 2.25. The molecule has 0 fully saturated rings. The smallest absolute Gasteiger partial charge is 0.323 e. The molecule has 1 aromatic rings. The molecule has 1 amide bonds. The second-order valence-corrected chi connectivity index (χ2v) is 6.31. The highest BCUT2D eigenvalue weighted by atomic mass is 16.7. The lowest BCUT2D eigenvalue weighted by molar-refractivity contribution is -0.149. The van der Waals surface area contributed by atoms with E-state index < -0.39 is 17.7 Å². The van der Waals surface area contributed by atoms with Crippen molar-refractivity contribution < 1.29 is 24.2 Å². The molecule has 1 rings (SSSR count). The van der Waals surface area contributed by atoms with Crippen LogP contribution in [0.2, 0.25) is 0 Å². The van der Waals surface area contributed by atoms with E-state index in [1.165, 1.54) is 19.1 Å². The van der Waals surface area contributed by atoms with Gasteiger partial charge in [0.05, 0.1) is 0 Å². The zero-order valence-electron chi connectivity index (χ0n) is 14.3. The standard InChI is InChI=1S/C17H25NO5/c1-17(2,3)16(21)18(11-14(19)20)10-12-8-6-7-9-13(12)15(22-4)23-5/h6-9,15H,10-11H2,1-5H3,(H,19,20). The van der Waals surface area contributed by atoms with Crippen LogP contribution in [0.15, 0.2) is 24.3 Å². The quantitative estimate of drug-likeness (QED) is 0.780. The Morgan fingerprint density at radius 2 is 1.74 bits per heavy atom. The second kappa shape index (κ2) is 8.08. The third-order valence-corrected chi connectivity index (χ3v) is 3.35. The Hall–Kier alpha value is -1.92. The zero-order chi connectivity index (χ0) is 17.6. The van der Waals surface area contributed by atoms with Crippen LogP contribution in [0.3, 0.4) is 0 Å². The van der Waals surface area contributed by atoms with Gasteiger partial charge < -0.3 is 19.5 Å². The number of hydrogen-bond donors (Lipinski definition) is 1. The minimum Gasteiger partial charge on any atom is -0.480 e. The first kappa shape index (κ1) is 19.1. The molecule has 0 radical (unpaired) electrons. The molecule has 0 saturated carbocycles. The van der Waals surface area contributed by atoms with Crippen LogP contribution in [0.1, 0.15) is 38.2 Å². The number of carboxylic acid groups (broad SMARTS) is 1. The van der Waals surface area contributed by atoms with Gasteiger partial charge in [0, 0.05) is 31.7 Å². The fraction of sp³-hybridized carbons (Fsp3) is 0.529. The fourth-order valence-electron chi connectivity index (χ4n) is 2.30. The van der Waals surface area contributed by atoms with Gasteiger partial charge in [-0.25, -0.2) is 0 Å². The van der Waals surface area contributed by atoms with Gasteiger partial charge in [-0.3, -0.25) is 9.59 Å². The summed E-state index contributed by atoms with van der Waals surface area (Å²) in [4.78, 5) is 25.0. The van der Waals surface area contributed by atoms with E-state index in [1.807, 2.05) is 24.3 Å². The topological polar surface area (TPSA) is 76.1 Å². The van der Waals surface area contributed by atoms with E-state index in [2.05, 4.69) is 0 Å². The average molecular weight is 323 g/mol. The SMILES string of the molecule is COC(OC)c1ccccc1CN(CC(=O)O)C(=O)C(C)(C)C. The Balaban J connectivity index is 3.14. The largest absolute Gasteiger partial charge is 0.480 e. The summed E-state index contributed by atoms with van der Waals surface area (Å²) >= 11 is 0. The number of aliphatic carboxylic acids is 1. The molecule has 23 heavy (non-hydrogen) atoms. The molecule has 0 aliphatic heterocycles. The Morgan fingerprint density at radius 1 is 1.17 bits per heavy atom. The van der Waals surface area contributed by atoms with Crippen molar-refractivity contribution in [3.8, 4) is 0 Å². The van der Waals surface area contributed by atoms with E-state index in [0.717, 1.165) is 11.1 Å². The predicted octanol–water partition coefficient (Wildman–Crippen LogP) is 2.44. The first-order valence-electron chi connectivity index (χ1n) is 7.35. The van der Waals surface area contributed by atoms with Crippen LogP contribution in [0.4, 0.5) is 0 Å². The van der Waals surface area contributed by atoms with E-state index in [1.54, 1.807) is 20.8 Å². The molecule has 0 atom stereocenters. The number of amides is 1. The van der Waals surface area contributed by atoms with Gasteiger partial charge in [0.15, 0.2) is 6.29 Å². The van der Waals surface area contributed by atoms with Gasteiger partial charge >= 0.3 is 5.97 Å². The monoisotopic (exact) mass is 323 g/mol. The van der Waals surface area contributed by atoms with Gasteiger partial charge in [-0.2, -0.15) is 0 Å². The van der Waals surface area contributed by atoms with Gasteiger partial charge in [0.2, 0.25) is 5.91 Å². The Kier molecular flexibility index (Phi) is 6.72. The summed E-state index contributed by atoms with van der Waals surface area (Å²) in [7, 11) is 3.06. The summed E-state index contributed by atoms with van der Waals surface area (Å²) in [6.07, 6.45) is -0.567. The summed E-state index contributed by atoms with van der Waals surface area (Å²) in [6, 6.07) is 7.36. The van der Waals surface area contributed by atoms with Gasteiger partial charge in [0.25, 0.3) is 0 Å². The van der Waals surface area contributed by atoms with Crippen molar-refractivity contribution in [1.29, 1.82) is 0 Å². The molecule has 0 heterocycles. The lowest BCUT2D eigenvalue weighted by atomic mass is 9.94. The van der Waals surface area contributed by atoms with Crippen LogP contribution in [0.25, 0.3) is 0 Å². The Labute approximate surface area is 137 Å². The van der Waals surface area contributed by atoms with E-state index in [0.29, 0.717) is 0 Å². The van der Waals surface area contributed by atoms with Crippen LogP contribution < -0.4 is 0 Å². The molecular weight excluding hydrogens is 298 g/mol. The Morgan fingerprint density at radius 3 is 2.22 bits per heavy atom. The number of nitrogens with zero attached hydrogens (tertiary/aromatic N) is 1. The number of benzene rings is 1. The minimum absolute atomic E-state index is 0.182. The predicted molar refractivity (Wildman–Crippen MR) is 85.7 cm³/mol. The summed E-state index contributed by atoms with van der Waals surface area (Å²) in [5.74, 6) is -1.27. The van der Waals surface area contributed by atoms with Crippen molar-refractivity contribution in [2.75, 3.05) is 20.8 Å². The van der Waals surface area contributed by atoms with Crippen LogP contribution in [0, 0.1) is 5.41 Å². The molecular formula is C17H25NO5. The van der Waals surface area contributed by atoms with E-state index in [-0.39, 0.29) is 19.0 Å². The molecule has 0 aromatic heterocycles. The molecule has 128 valence electrons. The van der Waals surface area contributed by atoms with Gasteiger partial charge in [0.1, 0.15) is 6.54 Å². The number of ether oxygens (including phenoxy) is 2. The maximum absolute atomic E-state index is 12.5. The lowest BCUT2D eigenvalue weighted by Gasteiger charge is -2.29. The fourth-order valence-corrected chi connectivity index (χ4v) is 2.30. The molecule has 0 aliphatic rings. The van der Waals surface area contributed by atoms with Crippen molar-refractivity contribution in [2.45, 2.75) is 33.6 Å². The van der Waals surface area contributed by atoms with Crippen molar-refractivity contribution in [3.05, 3.63) is 35.4 Å². The van der Waals surface area contributed by atoms with E-state index in [4.69, 9.17) is 14.6 Å². The van der Waals surface area contributed by atoms with Gasteiger partial charge in [-0.1, -0.05) is 45.0 Å². The summed E-state index contributed by atoms with van der Waals surface area (Å²) in [6.45, 7) is 5.13. The molecule has 0 bridgehead atoms. The number of rotatable bonds is 7. The highest BCUT2D eigenvalue weighted by Gasteiger charge is 2.29. The molecule has 6 heteroatoms. The molecule has 0 spiro atoms. The number of carbonyl (C=O) groups is 2. The highest BCUT2D eigenvalue weighted by molar-refractivity contribution is 5.85. The lowest BCUT2D eigenvalue weighted by Crippen LogP contribution is -2.42. The van der Waals surface area contributed by atoms with Crippen molar-refractivity contribution in [3.63, 3.8) is 0 Å². The Bertz CT molecular complexity index is 546. The third kappa shape index (κ3) is 5.33. The summed E-state index contributed by atoms with van der Waals surface area (Å²) in [5, 5.41) is 9.10. The zero-order valence-corrected chi connectivity index (χ0v) is 14.3. The van der Waals surface area contributed by atoms with Crippen molar-refractivity contribution in [1.82, 2.24) is 4.90 Å². The van der Waals surface area contributed by atoms with Crippen LogP contribution in [-0.2, 0) is 25.6 Å². The summed E-state index contributed by atoms with van der Waals surface area (Å²) in [5.41, 5.74) is 0.904. The molecule has 1 aromatic carbocycles.